The van der Waals surface area contributed by atoms with Crippen LogP contribution in [0.3, 0.4) is 0 Å². The summed E-state index contributed by atoms with van der Waals surface area (Å²) in [6.07, 6.45) is 3.86. The second-order valence-corrected chi connectivity index (χ2v) is 7.95. The second-order valence-electron chi connectivity index (χ2n) is 7.95. The number of aliphatic imine (C=N–C) groups is 1. The lowest BCUT2D eigenvalue weighted by Gasteiger charge is -2.26. The zero-order chi connectivity index (χ0) is 20.7. The molecule has 5 nitrogen and oxygen atoms in total. The highest BCUT2D eigenvalue weighted by Crippen LogP contribution is 2.21. The van der Waals surface area contributed by atoms with Crippen molar-refractivity contribution in [3.8, 4) is 0 Å². The van der Waals surface area contributed by atoms with Crippen molar-refractivity contribution in [1.82, 2.24) is 20.2 Å². The van der Waals surface area contributed by atoms with Gasteiger partial charge in [0.2, 0.25) is 0 Å². The molecule has 0 amide bonds. The minimum atomic E-state index is 0.0153. The highest BCUT2D eigenvalue weighted by molar-refractivity contribution is 5.79. The van der Waals surface area contributed by atoms with Crippen LogP contribution in [0.1, 0.15) is 36.4 Å². The smallest absolute Gasteiger partial charge is 0.191 e. The maximum absolute atomic E-state index is 4.38. The summed E-state index contributed by atoms with van der Waals surface area (Å²) < 4.78 is 2.15. The molecule has 3 rings (SSSR count). The predicted octanol–water partition coefficient (Wildman–Crippen LogP) is 3.88. The van der Waals surface area contributed by atoms with Crippen molar-refractivity contribution in [2.24, 2.45) is 4.99 Å². The molecule has 0 spiro atoms. The Labute approximate surface area is 173 Å². The average Bonchev–Trinajstić information content (AvgIpc) is 3.13. The van der Waals surface area contributed by atoms with Crippen molar-refractivity contribution >= 4 is 5.96 Å². The minimum absolute atomic E-state index is 0.0153. The molecule has 152 valence electrons. The number of nitrogens with one attached hydrogen (secondary N) is 2. The number of hydrogen-bond acceptors (Lipinski definition) is 2. The Balaban J connectivity index is 1.55. The maximum Gasteiger partial charge on any atom is 0.191 e. The summed E-state index contributed by atoms with van der Waals surface area (Å²) in [5.41, 5.74) is 3.82. The van der Waals surface area contributed by atoms with Gasteiger partial charge in [0.1, 0.15) is 5.82 Å². The largest absolute Gasteiger partial charge is 0.356 e. The molecule has 0 saturated heterocycles. The molecule has 5 heteroatoms. The van der Waals surface area contributed by atoms with Gasteiger partial charge < -0.3 is 15.2 Å². The number of hydrogen-bond donors (Lipinski definition) is 2. The summed E-state index contributed by atoms with van der Waals surface area (Å²) in [5.74, 6) is 1.84. The summed E-state index contributed by atoms with van der Waals surface area (Å²) in [6, 6.07) is 19.2. The topological polar surface area (TPSA) is 54.2 Å². The molecule has 0 unspecified atom stereocenters. The highest BCUT2D eigenvalue weighted by atomic mass is 15.2. The summed E-state index contributed by atoms with van der Waals surface area (Å²) in [5, 5.41) is 6.89. The quantitative estimate of drug-likeness (QED) is 0.476. The van der Waals surface area contributed by atoms with Crippen LogP contribution in [-0.4, -0.2) is 29.1 Å². The van der Waals surface area contributed by atoms with E-state index in [0.717, 1.165) is 31.4 Å². The molecule has 2 aromatic carbocycles. The zero-order valence-electron chi connectivity index (χ0n) is 17.8. The van der Waals surface area contributed by atoms with E-state index < -0.39 is 0 Å². The molecule has 0 radical (unpaired) electrons. The van der Waals surface area contributed by atoms with Crippen LogP contribution in [0.15, 0.2) is 72.0 Å². The van der Waals surface area contributed by atoms with Gasteiger partial charge in [-0.3, -0.25) is 4.99 Å². The Bertz CT molecular complexity index is 941. The molecule has 0 aliphatic rings. The van der Waals surface area contributed by atoms with E-state index in [1.54, 1.807) is 0 Å². The number of benzene rings is 2. The van der Waals surface area contributed by atoms with E-state index >= 15 is 0 Å². The van der Waals surface area contributed by atoms with Crippen molar-refractivity contribution in [2.75, 3.05) is 13.6 Å². The summed E-state index contributed by atoms with van der Waals surface area (Å²) in [6.45, 7) is 8.86. The lowest BCUT2D eigenvalue weighted by Crippen LogP contribution is -2.43. The highest BCUT2D eigenvalue weighted by Gasteiger charge is 2.20. The van der Waals surface area contributed by atoms with Crippen LogP contribution < -0.4 is 10.6 Å². The number of nitrogens with zero attached hydrogens (tertiary/aromatic N) is 3. The molecule has 29 heavy (non-hydrogen) atoms. The molecule has 0 aliphatic carbocycles. The van der Waals surface area contributed by atoms with Gasteiger partial charge in [-0.25, -0.2) is 4.98 Å². The summed E-state index contributed by atoms with van der Waals surface area (Å²) in [4.78, 5) is 8.67. The van der Waals surface area contributed by atoms with Crippen LogP contribution >= 0.6 is 0 Å². The molecule has 3 aromatic rings. The first-order chi connectivity index (χ1) is 14.0. The lowest BCUT2D eigenvalue weighted by molar-refractivity contribution is 0.508. The molecule has 0 bridgehead atoms. The second kappa shape index (κ2) is 9.41. The van der Waals surface area contributed by atoms with Crippen molar-refractivity contribution in [3.05, 3.63) is 89.5 Å². The van der Waals surface area contributed by atoms with Gasteiger partial charge in [0, 0.05) is 44.5 Å². The molecule has 1 heterocycles. The Hall–Kier alpha value is -3.08. The van der Waals surface area contributed by atoms with Gasteiger partial charge in [-0.1, -0.05) is 68.4 Å². The molecule has 0 saturated carbocycles. The number of aryl methyl sites for hydroxylation is 1. The first-order valence-corrected chi connectivity index (χ1v) is 10.0. The van der Waals surface area contributed by atoms with E-state index in [0.29, 0.717) is 0 Å². The summed E-state index contributed by atoms with van der Waals surface area (Å²) >= 11 is 0. The van der Waals surface area contributed by atoms with E-state index in [1.807, 2.05) is 26.4 Å². The van der Waals surface area contributed by atoms with Crippen molar-refractivity contribution in [1.29, 1.82) is 0 Å². The fourth-order valence-electron chi connectivity index (χ4n) is 3.31. The van der Waals surface area contributed by atoms with Gasteiger partial charge >= 0.3 is 0 Å². The van der Waals surface area contributed by atoms with E-state index in [-0.39, 0.29) is 5.41 Å². The maximum atomic E-state index is 4.38. The SMILES string of the molecule is CN=C(NCc1cccc(Cn2ccnc2C)c1)NCC(C)(C)c1ccccc1. The van der Waals surface area contributed by atoms with Crippen molar-refractivity contribution < 1.29 is 0 Å². The average molecular weight is 390 g/mol. The first kappa shape index (κ1) is 20.6. The fraction of sp³-hybridized carbons (Fsp3) is 0.333. The standard InChI is InChI=1S/C24H31N5/c1-19-26-13-14-29(19)17-21-10-8-9-20(15-21)16-27-23(25-4)28-18-24(2,3)22-11-6-5-7-12-22/h5-15H,16-18H2,1-4H3,(H2,25,27,28). The van der Waals surface area contributed by atoms with Crippen LogP contribution in [0.2, 0.25) is 0 Å². The zero-order valence-corrected chi connectivity index (χ0v) is 17.8. The van der Waals surface area contributed by atoms with Crippen LogP contribution in [0.4, 0.5) is 0 Å². The van der Waals surface area contributed by atoms with Crippen LogP contribution in [0.5, 0.6) is 0 Å². The van der Waals surface area contributed by atoms with E-state index in [1.165, 1.54) is 16.7 Å². The monoisotopic (exact) mass is 389 g/mol. The van der Waals surface area contributed by atoms with E-state index in [9.17, 15) is 0 Å². The Kier molecular flexibility index (Phi) is 6.70. The first-order valence-electron chi connectivity index (χ1n) is 10.0. The Morgan fingerprint density at radius 3 is 2.48 bits per heavy atom. The lowest BCUT2D eigenvalue weighted by atomic mass is 9.85. The fourth-order valence-corrected chi connectivity index (χ4v) is 3.31. The molecule has 1 aromatic heterocycles. The van der Waals surface area contributed by atoms with Crippen LogP contribution in [0, 0.1) is 6.92 Å². The number of aromatic nitrogens is 2. The van der Waals surface area contributed by atoms with Crippen molar-refractivity contribution in [2.45, 2.75) is 39.3 Å². The minimum Gasteiger partial charge on any atom is -0.356 e. The summed E-state index contributed by atoms with van der Waals surface area (Å²) in [7, 11) is 1.81. The molecule has 0 aliphatic heterocycles. The Morgan fingerprint density at radius 1 is 1.03 bits per heavy atom. The normalized spacial score (nSPS) is 12.1. The van der Waals surface area contributed by atoms with Crippen LogP contribution in [0.25, 0.3) is 0 Å². The molecule has 2 N–H and O–H groups in total. The van der Waals surface area contributed by atoms with E-state index in [2.05, 4.69) is 93.6 Å². The van der Waals surface area contributed by atoms with Gasteiger partial charge in [-0.2, -0.15) is 0 Å². The number of guanidine groups is 1. The third-order valence-corrected chi connectivity index (χ3v) is 5.20. The third-order valence-electron chi connectivity index (χ3n) is 5.20. The van der Waals surface area contributed by atoms with Gasteiger partial charge in [0.25, 0.3) is 0 Å². The molecule has 0 fully saturated rings. The van der Waals surface area contributed by atoms with Crippen molar-refractivity contribution in [3.63, 3.8) is 0 Å². The number of imidazole rings is 1. The van der Waals surface area contributed by atoms with E-state index in [4.69, 9.17) is 0 Å². The van der Waals surface area contributed by atoms with Crippen LogP contribution in [-0.2, 0) is 18.5 Å². The van der Waals surface area contributed by atoms with Gasteiger partial charge in [0.15, 0.2) is 5.96 Å². The van der Waals surface area contributed by atoms with Gasteiger partial charge in [0.05, 0.1) is 0 Å². The molecule has 0 atom stereocenters. The third kappa shape index (κ3) is 5.70. The molecular formula is C24H31N5. The Morgan fingerprint density at radius 2 is 1.79 bits per heavy atom. The number of rotatable bonds is 7. The predicted molar refractivity (Wildman–Crippen MR) is 120 cm³/mol. The molecular weight excluding hydrogens is 358 g/mol. The van der Waals surface area contributed by atoms with Gasteiger partial charge in [-0.15, -0.1) is 0 Å². The van der Waals surface area contributed by atoms with Gasteiger partial charge in [-0.05, 0) is 23.6 Å².